The fourth-order valence-electron chi connectivity index (χ4n) is 7.67. The molecule has 0 saturated carbocycles. The second-order valence-corrected chi connectivity index (χ2v) is 17.8. The first-order chi connectivity index (χ1) is 29.5. The maximum Gasteiger partial charge on any atom is 0.306 e. The van der Waals surface area contributed by atoms with Crippen LogP contribution in [0.5, 0.6) is 0 Å². The molecular weight excluding hydrogens is 745 g/mol. The molecule has 0 fully saturated rings. The van der Waals surface area contributed by atoms with E-state index in [0.717, 1.165) is 70.6 Å². The second-order valence-electron chi connectivity index (χ2n) is 17.8. The Balaban J connectivity index is 4.35. The van der Waals surface area contributed by atoms with Crippen LogP contribution >= 0.6 is 0 Å². The van der Waals surface area contributed by atoms with Gasteiger partial charge < -0.3 is 14.2 Å². The number of allylic oxidation sites excluding steroid dienone is 4. The molecule has 0 rings (SSSR count). The Morgan fingerprint density at radius 3 is 0.850 bits per heavy atom. The molecule has 60 heavy (non-hydrogen) atoms. The van der Waals surface area contributed by atoms with E-state index in [1.54, 1.807) is 0 Å². The summed E-state index contributed by atoms with van der Waals surface area (Å²) >= 11 is 0. The van der Waals surface area contributed by atoms with Crippen LogP contribution in [-0.2, 0) is 28.6 Å². The zero-order valence-electron chi connectivity index (χ0n) is 40.2. The quantitative estimate of drug-likeness (QED) is 0.0263. The van der Waals surface area contributed by atoms with Crippen LogP contribution in [0, 0.1) is 0 Å². The summed E-state index contributed by atoms with van der Waals surface area (Å²) in [6.45, 7) is 6.63. The lowest BCUT2D eigenvalue weighted by Gasteiger charge is -2.18. The maximum atomic E-state index is 12.8. The van der Waals surface area contributed by atoms with Gasteiger partial charge in [-0.25, -0.2) is 0 Å². The minimum Gasteiger partial charge on any atom is -0.462 e. The summed E-state index contributed by atoms with van der Waals surface area (Å²) in [4.78, 5) is 37.9. The zero-order valence-corrected chi connectivity index (χ0v) is 40.2. The third-order valence-electron chi connectivity index (χ3n) is 11.7. The van der Waals surface area contributed by atoms with Crippen LogP contribution in [0.2, 0.25) is 0 Å². The van der Waals surface area contributed by atoms with Crippen molar-refractivity contribution in [2.75, 3.05) is 13.2 Å². The number of esters is 3. The first kappa shape index (κ1) is 57.9. The van der Waals surface area contributed by atoms with Gasteiger partial charge in [0.2, 0.25) is 0 Å². The van der Waals surface area contributed by atoms with Crippen molar-refractivity contribution in [2.45, 2.75) is 290 Å². The molecule has 0 spiro atoms. The van der Waals surface area contributed by atoms with Gasteiger partial charge in [-0.2, -0.15) is 0 Å². The molecule has 0 radical (unpaired) electrons. The molecule has 0 aliphatic heterocycles. The number of carbonyl (C=O) groups excluding carboxylic acids is 3. The lowest BCUT2D eigenvalue weighted by atomic mass is 10.0. The predicted molar refractivity (Wildman–Crippen MR) is 256 cm³/mol. The average molecular weight is 845 g/mol. The molecule has 0 aromatic heterocycles. The fraction of sp³-hybridized carbons (Fsp3) is 0.870. The van der Waals surface area contributed by atoms with Gasteiger partial charge in [0, 0.05) is 19.3 Å². The van der Waals surface area contributed by atoms with Crippen molar-refractivity contribution >= 4 is 17.9 Å². The number of carbonyl (C=O) groups is 3. The van der Waals surface area contributed by atoms with Crippen LogP contribution in [0.25, 0.3) is 0 Å². The summed E-state index contributed by atoms with van der Waals surface area (Å²) < 4.78 is 16.8. The SMILES string of the molecule is CCCCCC/C=C\CCCCCCCC(=O)OC(COC(=O)CCCCCCC/C=C\CCCCCCCCC)COC(=O)CCCCCCCCCCCCCCC. The van der Waals surface area contributed by atoms with Crippen molar-refractivity contribution in [1.82, 2.24) is 0 Å². The van der Waals surface area contributed by atoms with Crippen LogP contribution in [0.4, 0.5) is 0 Å². The lowest BCUT2D eigenvalue weighted by Crippen LogP contribution is -2.30. The average Bonchev–Trinajstić information content (AvgIpc) is 3.24. The summed E-state index contributed by atoms with van der Waals surface area (Å²) in [5.41, 5.74) is 0. The summed E-state index contributed by atoms with van der Waals surface area (Å²) in [5.74, 6) is -0.878. The van der Waals surface area contributed by atoms with Gasteiger partial charge in [0.05, 0.1) is 0 Å². The molecule has 6 heteroatoms. The summed E-state index contributed by atoms with van der Waals surface area (Å²) in [6.07, 6.45) is 55.8. The van der Waals surface area contributed by atoms with Gasteiger partial charge in [-0.3, -0.25) is 14.4 Å². The Labute approximate surface area is 373 Å². The maximum absolute atomic E-state index is 12.8. The Morgan fingerprint density at radius 2 is 0.550 bits per heavy atom. The topological polar surface area (TPSA) is 78.9 Å². The number of ether oxygens (including phenoxy) is 3. The van der Waals surface area contributed by atoms with E-state index < -0.39 is 6.10 Å². The van der Waals surface area contributed by atoms with E-state index in [9.17, 15) is 14.4 Å². The van der Waals surface area contributed by atoms with Crippen molar-refractivity contribution in [3.05, 3.63) is 24.3 Å². The molecule has 6 nitrogen and oxygen atoms in total. The molecule has 0 heterocycles. The molecule has 0 N–H and O–H groups in total. The van der Waals surface area contributed by atoms with E-state index in [1.165, 1.54) is 173 Å². The molecule has 0 bridgehead atoms. The third kappa shape index (κ3) is 46.9. The van der Waals surface area contributed by atoms with Gasteiger partial charge in [-0.15, -0.1) is 0 Å². The molecule has 0 saturated heterocycles. The Bertz CT molecular complexity index is 973. The van der Waals surface area contributed by atoms with Crippen LogP contribution in [0.15, 0.2) is 24.3 Å². The highest BCUT2D eigenvalue weighted by Crippen LogP contribution is 2.15. The van der Waals surface area contributed by atoms with Crippen molar-refractivity contribution in [3.8, 4) is 0 Å². The molecule has 352 valence electrons. The summed E-state index contributed by atoms with van der Waals surface area (Å²) in [5, 5.41) is 0. The first-order valence-corrected chi connectivity index (χ1v) is 26.3. The smallest absolute Gasteiger partial charge is 0.306 e. The molecule has 0 aromatic rings. The molecule has 0 aliphatic carbocycles. The monoisotopic (exact) mass is 845 g/mol. The highest BCUT2D eigenvalue weighted by Gasteiger charge is 2.19. The predicted octanol–water partition coefficient (Wildman–Crippen LogP) is 17.2. The number of unbranched alkanes of at least 4 members (excludes halogenated alkanes) is 33. The Kier molecular flexibility index (Phi) is 47.8. The van der Waals surface area contributed by atoms with E-state index in [1.807, 2.05) is 0 Å². The highest BCUT2D eigenvalue weighted by atomic mass is 16.6. The van der Waals surface area contributed by atoms with Crippen LogP contribution in [0.1, 0.15) is 284 Å². The second kappa shape index (κ2) is 49.5. The fourth-order valence-corrected chi connectivity index (χ4v) is 7.67. The molecule has 0 amide bonds. The van der Waals surface area contributed by atoms with Gasteiger partial charge in [0.1, 0.15) is 13.2 Å². The van der Waals surface area contributed by atoms with E-state index in [0.29, 0.717) is 19.3 Å². The number of rotatable bonds is 48. The molecule has 0 aromatic carbocycles. The third-order valence-corrected chi connectivity index (χ3v) is 11.7. The highest BCUT2D eigenvalue weighted by molar-refractivity contribution is 5.71. The van der Waals surface area contributed by atoms with E-state index in [2.05, 4.69) is 45.1 Å². The van der Waals surface area contributed by atoms with E-state index in [-0.39, 0.29) is 31.1 Å². The normalized spacial score (nSPS) is 12.1. The largest absolute Gasteiger partial charge is 0.462 e. The van der Waals surface area contributed by atoms with E-state index >= 15 is 0 Å². The number of hydrogen-bond donors (Lipinski definition) is 0. The minimum atomic E-state index is -0.773. The minimum absolute atomic E-state index is 0.0735. The van der Waals surface area contributed by atoms with Crippen molar-refractivity contribution in [3.63, 3.8) is 0 Å². The molecular formula is C54H100O6. The van der Waals surface area contributed by atoms with Crippen LogP contribution in [-0.4, -0.2) is 37.2 Å². The van der Waals surface area contributed by atoms with Gasteiger partial charge in [0.25, 0.3) is 0 Å². The Morgan fingerprint density at radius 1 is 0.317 bits per heavy atom. The Hall–Kier alpha value is -2.11. The van der Waals surface area contributed by atoms with Gasteiger partial charge >= 0.3 is 17.9 Å². The lowest BCUT2D eigenvalue weighted by molar-refractivity contribution is -0.167. The molecule has 1 unspecified atom stereocenters. The number of hydrogen-bond acceptors (Lipinski definition) is 6. The standard InChI is InChI=1S/C54H100O6/c1-4-7-10-13-16-19-22-25-26-27-30-32-35-38-41-44-47-53(56)59-50-51(60-54(57)48-45-42-39-36-33-29-24-21-18-15-12-9-6-3)49-58-52(55)46-43-40-37-34-31-28-23-20-17-14-11-8-5-2/h21,24,26-27,51H,4-20,22-23,25,28-50H2,1-3H3/b24-21-,27-26-. The van der Waals surface area contributed by atoms with E-state index in [4.69, 9.17) is 14.2 Å². The van der Waals surface area contributed by atoms with Gasteiger partial charge in [-0.1, -0.05) is 218 Å². The van der Waals surface area contributed by atoms with Crippen molar-refractivity contribution in [1.29, 1.82) is 0 Å². The van der Waals surface area contributed by atoms with Gasteiger partial charge in [0.15, 0.2) is 6.10 Å². The van der Waals surface area contributed by atoms with Crippen LogP contribution in [0.3, 0.4) is 0 Å². The van der Waals surface area contributed by atoms with Crippen molar-refractivity contribution in [2.24, 2.45) is 0 Å². The summed E-state index contributed by atoms with van der Waals surface area (Å²) in [7, 11) is 0. The van der Waals surface area contributed by atoms with Crippen LogP contribution < -0.4 is 0 Å². The summed E-state index contributed by atoms with van der Waals surface area (Å²) in [6, 6.07) is 0. The molecule has 1 atom stereocenters. The van der Waals surface area contributed by atoms with Gasteiger partial charge in [-0.05, 0) is 70.6 Å². The van der Waals surface area contributed by atoms with Crippen molar-refractivity contribution < 1.29 is 28.6 Å². The molecule has 0 aliphatic rings. The zero-order chi connectivity index (χ0) is 43.7. The first-order valence-electron chi connectivity index (χ1n) is 26.3.